The lowest BCUT2D eigenvalue weighted by atomic mass is 10.4. The number of aromatic nitrogens is 1. The third kappa shape index (κ3) is 1.72. The van der Waals surface area contributed by atoms with Crippen molar-refractivity contribution < 1.29 is 0 Å². The quantitative estimate of drug-likeness (QED) is 0.759. The number of anilines is 2. The number of hydrogen-bond donors (Lipinski definition) is 2. The fourth-order valence-electron chi connectivity index (χ4n) is 1.34. The van der Waals surface area contributed by atoms with Crippen LogP contribution in [-0.2, 0) is 0 Å². The lowest BCUT2D eigenvalue weighted by molar-refractivity contribution is 1.09. The number of nitrogens with zero attached hydrogens (tertiary/aromatic N) is 1. The number of fused-ring (bicyclic) bond motifs is 1. The molecule has 0 bridgehead atoms. The van der Waals surface area contributed by atoms with Gasteiger partial charge >= 0.3 is 0 Å². The second-order valence-corrected chi connectivity index (χ2v) is 4.31. The lowest BCUT2D eigenvalue weighted by Crippen LogP contribution is -2.02. The van der Waals surface area contributed by atoms with Crippen LogP contribution in [0, 0.1) is 0 Å². The van der Waals surface area contributed by atoms with Crippen LogP contribution < -0.4 is 10.6 Å². The molecule has 0 aromatic carbocycles. The first kappa shape index (κ1) is 8.69. The van der Waals surface area contributed by atoms with Crippen molar-refractivity contribution in [3.63, 3.8) is 0 Å². The van der Waals surface area contributed by atoms with E-state index in [0.29, 0.717) is 5.37 Å². The van der Waals surface area contributed by atoms with Gasteiger partial charge in [-0.15, -0.1) is 0 Å². The van der Waals surface area contributed by atoms with E-state index in [2.05, 4.69) is 35.5 Å². The standard InChI is InChI=1S/C9H13N3S/c1-3-10-8-5-4-7-9(12-8)13-6(2)11-7/h4-6,11H,3H2,1-2H3,(H,10,12). The second kappa shape index (κ2) is 3.46. The van der Waals surface area contributed by atoms with E-state index in [1.807, 2.05) is 6.07 Å². The van der Waals surface area contributed by atoms with Gasteiger partial charge in [0, 0.05) is 6.54 Å². The summed E-state index contributed by atoms with van der Waals surface area (Å²) in [5.41, 5.74) is 1.15. The fourth-order valence-corrected chi connectivity index (χ4v) is 2.26. The summed E-state index contributed by atoms with van der Waals surface area (Å²) in [6.45, 7) is 5.13. The summed E-state index contributed by atoms with van der Waals surface area (Å²) in [4.78, 5) is 4.48. The molecule has 13 heavy (non-hydrogen) atoms. The van der Waals surface area contributed by atoms with Crippen LogP contribution in [-0.4, -0.2) is 16.9 Å². The lowest BCUT2D eigenvalue weighted by Gasteiger charge is -2.03. The Morgan fingerprint density at radius 1 is 1.62 bits per heavy atom. The third-order valence-electron chi connectivity index (χ3n) is 1.87. The summed E-state index contributed by atoms with van der Waals surface area (Å²) in [6.07, 6.45) is 0. The molecule has 0 amide bonds. The van der Waals surface area contributed by atoms with Gasteiger partial charge in [-0.25, -0.2) is 4.98 Å². The van der Waals surface area contributed by atoms with Gasteiger partial charge in [0.05, 0.1) is 11.1 Å². The average molecular weight is 195 g/mol. The van der Waals surface area contributed by atoms with E-state index in [0.717, 1.165) is 23.1 Å². The van der Waals surface area contributed by atoms with Crippen molar-refractivity contribution in [1.82, 2.24) is 4.98 Å². The summed E-state index contributed by atoms with van der Waals surface area (Å²) in [6, 6.07) is 4.09. The highest BCUT2D eigenvalue weighted by atomic mass is 32.2. The number of rotatable bonds is 2. The molecule has 1 aromatic rings. The Hall–Kier alpha value is -0.900. The van der Waals surface area contributed by atoms with Gasteiger partial charge in [0.1, 0.15) is 10.8 Å². The predicted molar refractivity (Wildman–Crippen MR) is 57.3 cm³/mol. The minimum Gasteiger partial charge on any atom is -0.371 e. The van der Waals surface area contributed by atoms with Gasteiger partial charge in [-0.1, -0.05) is 11.8 Å². The highest BCUT2D eigenvalue weighted by Gasteiger charge is 2.18. The molecule has 0 radical (unpaired) electrons. The van der Waals surface area contributed by atoms with Gasteiger partial charge in [0.15, 0.2) is 0 Å². The van der Waals surface area contributed by atoms with E-state index < -0.39 is 0 Å². The zero-order valence-corrected chi connectivity index (χ0v) is 8.61. The van der Waals surface area contributed by atoms with Crippen molar-refractivity contribution in [2.45, 2.75) is 24.2 Å². The molecule has 4 heteroatoms. The Morgan fingerprint density at radius 3 is 3.23 bits per heavy atom. The van der Waals surface area contributed by atoms with Gasteiger partial charge in [-0.2, -0.15) is 0 Å². The van der Waals surface area contributed by atoms with Crippen LogP contribution in [0.25, 0.3) is 0 Å². The van der Waals surface area contributed by atoms with Crippen LogP contribution in [0.4, 0.5) is 11.5 Å². The molecule has 1 aromatic heterocycles. The molecule has 2 rings (SSSR count). The number of nitrogens with one attached hydrogen (secondary N) is 2. The largest absolute Gasteiger partial charge is 0.371 e. The van der Waals surface area contributed by atoms with Gasteiger partial charge in [-0.05, 0) is 26.0 Å². The predicted octanol–water partition coefficient (Wildman–Crippen LogP) is 2.38. The van der Waals surface area contributed by atoms with E-state index in [-0.39, 0.29) is 0 Å². The highest BCUT2D eigenvalue weighted by Crippen LogP contribution is 2.36. The topological polar surface area (TPSA) is 37.0 Å². The molecule has 2 N–H and O–H groups in total. The molecule has 0 saturated carbocycles. The molecule has 70 valence electrons. The highest BCUT2D eigenvalue weighted by molar-refractivity contribution is 8.00. The molecule has 0 fully saturated rings. The van der Waals surface area contributed by atoms with Crippen molar-refractivity contribution in [1.29, 1.82) is 0 Å². The van der Waals surface area contributed by atoms with E-state index >= 15 is 0 Å². The van der Waals surface area contributed by atoms with Crippen LogP contribution in [0.5, 0.6) is 0 Å². The van der Waals surface area contributed by atoms with Crippen molar-refractivity contribution in [3.8, 4) is 0 Å². The molecule has 1 unspecified atom stereocenters. The third-order valence-corrected chi connectivity index (χ3v) is 2.87. The van der Waals surface area contributed by atoms with Crippen LogP contribution in [0.15, 0.2) is 17.2 Å². The Labute approximate surface area is 82.3 Å². The smallest absolute Gasteiger partial charge is 0.127 e. The first-order valence-corrected chi connectivity index (χ1v) is 5.35. The SMILES string of the molecule is CCNc1ccc2c(n1)SC(C)N2. The molecule has 1 atom stereocenters. The first-order valence-electron chi connectivity index (χ1n) is 4.47. The molecule has 0 saturated heterocycles. The monoisotopic (exact) mass is 195 g/mol. The fraction of sp³-hybridized carbons (Fsp3) is 0.444. The number of hydrogen-bond acceptors (Lipinski definition) is 4. The average Bonchev–Trinajstić information content (AvgIpc) is 2.44. The van der Waals surface area contributed by atoms with Crippen LogP contribution >= 0.6 is 11.8 Å². The summed E-state index contributed by atoms with van der Waals surface area (Å²) in [7, 11) is 0. The van der Waals surface area contributed by atoms with Crippen molar-refractivity contribution in [2.24, 2.45) is 0 Å². The Kier molecular flexibility index (Phi) is 2.31. The maximum Gasteiger partial charge on any atom is 0.127 e. The minimum atomic E-state index is 0.444. The van der Waals surface area contributed by atoms with Gasteiger partial charge in [0.2, 0.25) is 0 Å². The number of thioether (sulfide) groups is 1. The maximum absolute atomic E-state index is 4.48. The maximum atomic E-state index is 4.48. The molecule has 0 spiro atoms. The van der Waals surface area contributed by atoms with Crippen LogP contribution in [0.1, 0.15) is 13.8 Å². The molecule has 1 aliphatic heterocycles. The van der Waals surface area contributed by atoms with E-state index in [1.165, 1.54) is 0 Å². The molecule has 3 nitrogen and oxygen atoms in total. The zero-order valence-electron chi connectivity index (χ0n) is 7.79. The Morgan fingerprint density at radius 2 is 2.46 bits per heavy atom. The first-order chi connectivity index (χ1) is 6.29. The van der Waals surface area contributed by atoms with E-state index in [4.69, 9.17) is 0 Å². The van der Waals surface area contributed by atoms with Crippen molar-refractivity contribution in [2.75, 3.05) is 17.2 Å². The van der Waals surface area contributed by atoms with Crippen LogP contribution in [0.3, 0.4) is 0 Å². The molecule has 2 heterocycles. The Balaban J connectivity index is 2.24. The van der Waals surface area contributed by atoms with Gasteiger partial charge in [-0.3, -0.25) is 0 Å². The Bertz CT molecular complexity index is 314. The molecule has 1 aliphatic rings. The zero-order chi connectivity index (χ0) is 9.26. The van der Waals surface area contributed by atoms with Gasteiger partial charge < -0.3 is 10.6 Å². The van der Waals surface area contributed by atoms with Crippen molar-refractivity contribution in [3.05, 3.63) is 12.1 Å². The van der Waals surface area contributed by atoms with E-state index in [9.17, 15) is 0 Å². The van der Waals surface area contributed by atoms with Crippen molar-refractivity contribution >= 4 is 23.3 Å². The summed E-state index contributed by atoms with van der Waals surface area (Å²) in [5.74, 6) is 0.963. The minimum absolute atomic E-state index is 0.444. The summed E-state index contributed by atoms with van der Waals surface area (Å²) >= 11 is 1.77. The van der Waals surface area contributed by atoms with E-state index in [1.54, 1.807) is 11.8 Å². The normalized spacial score (nSPS) is 19.4. The van der Waals surface area contributed by atoms with Crippen LogP contribution in [0.2, 0.25) is 0 Å². The number of pyridine rings is 1. The second-order valence-electron chi connectivity index (χ2n) is 2.98. The van der Waals surface area contributed by atoms with Gasteiger partial charge in [0.25, 0.3) is 0 Å². The summed E-state index contributed by atoms with van der Waals surface area (Å²) in [5, 5.41) is 8.09. The molecule has 0 aliphatic carbocycles. The molecular formula is C9H13N3S. The summed E-state index contributed by atoms with van der Waals surface area (Å²) < 4.78 is 0. The molecular weight excluding hydrogens is 182 g/mol.